The molecule has 1 heteroatoms. The molecule has 6 aliphatic carbocycles. The van der Waals surface area contributed by atoms with Crippen LogP contribution in [0.5, 0.6) is 0 Å². The van der Waals surface area contributed by atoms with E-state index in [-0.39, 0.29) is 10.8 Å². The summed E-state index contributed by atoms with van der Waals surface area (Å²) in [6.45, 7) is 4.77. The van der Waals surface area contributed by atoms with E-state index in [4.69, 9.17) is 0 Å². The highest BCUT2D eigenvalue weighted by Crippen LogP contribution is 2.63. The second kappa shape index (κ2) is 13.3. The van der Waals surface area contributed by atoms with Gasteiger partial charge in [0.2, 0.25) is 0 Å². The van der Waals surface area contributed by atoms with Crippen LogP contribution in [0.15, 0.2) is 193 Å². The van der Waals surface area contributed by atoms with E-state index in [1.807, 2.05) is 0 Å². The molecule has 0 bridgehead atoms. The molecule has 0 radical (unpaired) electrons. The van der Waals surface area contributed by atoms with Gasteiger partial charge >= 0.3 is 0 Å². The van der Waals surface area contributed by atoms with Crippen molar-refractivity contribution in [2.24, 2.45) is 5.92 Å². The molecule has 0 heterocycles. The van der Waals surface area contributed by atoms with Crippen LogP contribution in [0.3, 0.4) is 0 Å². The first-order valence-electron chi connectivity index (χ1n) is 21.2. The first-order valence-corrected chi connectivity index (χ1v) is 21.2. The molecule has 6 aliphatic rings. The Balaban J connectivity index is 1.21. The number of rotatable bonds is 6. The summed E-state index contributed by atoms with van der Waals surface area (Å²) in [6.07, 6.45) is 35.6. The molecule has 0 fully saturated rings. The van der Waals surface area contributed by atoms with Crippen LogP contribution in [0.4, 0.5) is 11.4 Å². The molecular formula is C56H49N. The zero-order chi connectivity index (χ0) is 38.1. The Bertz CT molecular complexity index is 2720. The number of hydrogen-bond acceptors (Lipinski definition) is 1. The van der Waals surface area contributed by atoms with E-state index in [2.05, 4.69) is 195 Å². The Morgan fingerprint density at radius 1 is 0.632 bits per heavy atom. The summed E-state index contributed by atoms with van der Waals surface area (Å²) in [5, 5.41) is 2.60. The number of anilines is 2. The molecule has 0 saturated carbocycles. The second-order valence-electron chi connectivity index (χ2n) is 17.3. The van der Waals surface area contributed by atoms with Crippen molar-refractivity contribution in [1.29, 1.82) is 0 Å². The summed E-state index contributed by atoms with van der Waals surface area (Å²) in [7, 11) is 0. The van der Waals surface area contributed by atoms with Crippen LogP contribution >= 0.6 is 0 Å². The van der Waals surface area contributed by atoms with Crippen LogP contribution in [0.1, 0.15) is 86.1 Å². The fourth-order valence-corrected chi connectivity index (χ4v) is 11.4. The first kappa shape index (κ1) is 34.3. The average Bonchev–Trinajstić information content (AvgIpc) is 3.70. The molecule has 0 saturated heterocycles. The SMILES string of the molecule is CC1(C)c2ccccc2-c2cc(N(C3=CCC(c4ccccc4)C=C3)c3c4c(cc5ccccc35)C(C3=CCCC=C3)(C3C=CC=CC3)C3=C4C=CCC3)ccc21. The largest absolute Gasteiger partial charge is 0.310 e. The summed E-state index contributed by atoms with van der Waals surface area (Å²) >= 11 is 0. The van der Waals surface area contributed by atoms with Crippen molar-refractivity contribution < 1.29 is 0 Å². The van der Waals surface area contributed by atoms with Crippen molar-refractivity contribution in [3.05, 3.63) is 221 Å². The van der Waals surface area contributed by atoms with Crippen LogP contribution in [0.2, 0.25) is 0 Å². The monoisotopic (exact) mass is 735 g/mol. The lowest BCUT2D eigenvalue weighted by Crippen LogP contribution is -2.37. The second-order valence-corrected chi connectivity index (χ2v) is 17.3. The average molecular weight is 736 g/mol. The van der Waals surface area contributed by atoms with Crippen LogP contribution in [0, 0.1) is 5.92 Å². The minimum atomic E-state index is -0.242. The number of nitrogens with zero attached hydrogens (tertiary/aromatic N) is 1. The number of allylic oxidation sites excluding steroid dienone is 15. The predicted molar refractivity (Wildman–Crippen MR) is 241 cm³/mol. The van der Waals surface area contributed by atoms with Gasteiger partial charge < -0.3 is 4.90 Å². The van der Waals surface area contributed by atoms with E-state index in [1.165, 1.54) is 77.9 Å². The van der Waals surface area contributed by atoms with Gasteiger partial charge in [0.15, 0.2) is 0 Å². The zero-order valence-corrected chi connectivity index (χ0v) is 33.1. The van der Waals surface area contributed by atoms with Crippen LogP contribution in [-0.4, -0.2) is 0 Å². The highest BCUT2D eigenvalue weighted by atomic mass is 15.2. The lowest BCUT2D eigenvalue weighted by Gasteiger charge is -2.43. The van der Waals surface area contributed by atoms with E-state index in [1.54, 1.807) is 5.57 Å². The van der Waals surface area contributed by atoms with E-state index in [9.17, 15) is 0 Å². The highest BCUT2D eigenvalue weighted by molar-refractivity contribution is 6.09. The molecule has 11 rings (SSSR count). The van der Waals surface area contributed by atoms with Crippen molar-refractivity contribution >= 4 is 27.7 Å². The van der Waals surface area contributed by atoms with Crippen LogP contribution < -0.4 is 4.90 Å². The maximum atomic E-state index is 2.65. The van der Waals surface area contributed by atoms with Gasteiger partial charge in [-0.25, -0.2) is 0 Å². The van der Waals surface area contributed by atoms with Crippen molar-refractivity contribution in [2.75, 3.05) is 4.90 Å². The van der Waals surface area contributed by atoms with E-state index in [0.29, 0.717) is 11.8 Å². The Morgan fingerprint density at radius 3 is 2.28 bits per heavy atom. The Labute approximate surface area is 338 Å². The summed E-state index contributed by atoms with van der Waals surface area (Å²) in [4.78, 5) is 2.65. The molecule has 1 nitrogen and oxygen atoms in total. The molecule has 0 N–H and O–H groups in total. The summed E-state index contributed by atoms with van der Waals surface area (Å²) in [5.74, 6) is 0.679. The van der Waals surface area contributed by atoms with E-state index >= 15 is 0 Å². The van der Waals surface area contributed by atoms with Crippen LogP contribution in [-0.2, 0) is 10.8 Å². The minimum absolute atomic E-state index is 0.0572. The Hall–Kier alpha value is -5.92. The van der Waals surface area contributed by atoms with Gasteiger partial charge in [-0.1, -0.05) is 166 Å². The van der Waals surface area contributed by atoms with Crippen molar-refractivity contribution in [3.63, 3.8) is 0 Å². The number of hydrogen-bond donors (Lipinski definition) is 0. The van der Waals surface area contributed by atoms with Crippen LogP contribution in [0.25, 0.3) is 27.5 Å². The Kier molecular flexibility index (Phi) is 8.04. The molecule has 0 spiro atoms. The first-order chi connectivity index (χ1) is 28.0. The van der Waals surface area contributed by atoms with Gasteiger partial charge in [-0.05, 0) is 124 Å². The molecule has 57 heavy (non-hydrogen) atoms. The van der Waals surface area contributed by atoms with Gasteiger partial charge in [-0.3, -0.25) is 0 Å². The lowest BCUT2D eigenvalue weighted by molar-refractivity contribution is 0.432. The van der Waals surface area contributed by atoms with Gasteiger partial charge in [0, 0.05) is 39.1 Å². The lowest BCUT2D eigenvalue weighted by atomic mass is 9.59. The van der Waals surface area contributed by atoms with E-state index in [0.717, 1.165) is 38.5 Å². The smallest absolute Gasteiger partial charge is 0.0621 e. The third-order valence-electron chi connectivity index (χ3n) is 14.0. The fourth-order valence-electron chi connectivity index (χ4n) is 11.4. The fraction of sp³-hybridized carbons (Fsp3) is 0.214. The zero-order valence-electron chi connectivity index (χ0n) is 33.1. The third kappa shape index (κ3) is 5.14. The van der Waals surface area contributed by atoms with Crippen molar-refractivity contribution in [1.82, 2.24) is 0 Å². The minimum Gasteiger partial charge on any atom is -0.310 e. The molecule has 5 aromatic rings. The number of benzene rings is 5. The topological polar surface area (TPSA) is 3.24 Å². The van der Waals surface area contributed by atoms with Gasteiger partial charge in [0.1, 0.15) is 0 Å². The summed E-state index contributed by atoms with van der Waals surface area (Å²) in [6, 6.07) is 39.2. The van der Waals surface area contributed by atoms with Gasteiger partial charge in [0.25, 0.3) is 0 Å². The van der Waals surface area contributed by atoms with E-state index < -0.39 is 0 Å². The van der Waals surface area contributed by atoms with Gasteiger partial charge in [-0.2, -0.15) is 0 Å². The maximum Gasteiger partial charge on any atom is 0.0621 e. The standard InChI is InChI=1S/C56H49N/c1-55(2)49-28-16-14-26-46(49)48-37-44(34-35-50(48)55)57(43-32-30-39(31-33-43)38-18-6-3-7-19-38)54-45-25-13-12-20-40(45)36-52-53(54)47-27-15-17-29-51(47)56(52,41-21-8-4-9-22-41)42-23-10-5-11-24-42/h3-4,6-10,12-16,18-21,23-28,30,32-37,39,41H,5,11,17,22,29,31H2,1-2H3. The third-order valence-corrected chi connectivity index (χ3v) is 14.0. The molecule has 3 atom stereocenters. The van der Waals surface area contributed by atoms with Crippen molar-refractivity contribution in [3.8, 4) is 11.1 Å². The molecule has 0 aromatic heterocycles. The van der Waals surface area contributed by atoms with Crippen molar-refractivity contribution in [2.45, 2.75) is 69.1 Å². The maximum absolute atomic E-state index is 2.65. The predicted octanol–water partition coefficient (Wildman–Crippen LogP) is 14.7. The Morgan fingerprint density at radius 2 is 1.46 bits per heavy atom. The molecular weight excluding hydrogens is 687 g/mol. The molecule has 5 aromatic carbocycles. The summed E-state index contributed by atoms with van der Waals surface area (Å²) < 4.78 is 0. The van der Waals surface area contributed by atoms with Gasteiger partial charge in [0.05, 0.1) is 5.69 Å². The molecule has 3 unspecified atom stereocenters. The summed E-state index contributed by atoms with van der Waals surface area (Å²) in [5.41, 5.74) is 17.7. The molecule has 0 aliphatic heterocycles. The number of fused-ring (bicyclic) bond motifs is 6. The normalized spacial score (nSPS) is 23.5. The molecule has 278 valence electrons. The molecule has 0 amide bonds. The highest BCUT2D eigenvalue weighted by Gasteiger charge is 2.52. The van der Waals surface area contributed by atoms with Gasteiger partial charge in [-0.15, -0.1) is 0 Å². The quantitative estimate of drug-likeness (QED) is 0.168.